The number of fused-ring (bicyclic) bond motifs is 3. The van der Waals surface area contributed by atoms with Crippen LogP contribution in [0.25, 0.3) is 21.5 Å². The van der Waals surface area contributed by atoms with Gasteiger partial charge in [-0.3, -0.25) is 0 Å². The minimum Gasteiger partial charge on any atom is -0.214 e. The Kier molecular flexibility index (Phi) is 12.1. The summed E-state index contributed by atoms with van der Waals surface area (Å²) in [6.07, 6.45) is 0. The van der Waals surface area contributed by atoms with Crippen LogP contribution in [-0.2, 0) is 45.9 Å². The molecule has 6 aromatic rings. The van der Waals surface area contributed by atoms with E-state index >= 15 is 0 Å². The van der Waals surface area contributed by atoms with Gasteiger partial charge in [0.2, 0.25) is 0 Å². The van der Waals surface area contributed by atoms with E-state index in [0.717, 1.165) is 0 Å². The molecular formula is C49H60Zr. The van der Waals surface area contributed by atoms with Crippen molar-refractivity contribution >= 4 is 24.8 Å². The van der Waals surface area contributed by atoms with E-state index in [4.69, 9.17) is 0 Å². The van der Waals surface area contributed by atoms with E-state index in [-0.39, 0.29) is 21.7 Å². The Bertz CT molecular complexity index is 1860. The van der Waals surface area contributed by atoms with Crippen molar-refractivity contribution in [1.82, 2.24) is 0 Å². The first kappa shape index (κ1) is 39.6. The minimum atomic E-state index is 0.180. The average molecular weight is 740 g/mol. The fourth-order valence-electron chi connectivity index (χ4n) is 6.71. The Morgan fingerprint density at radius 2 is 0.820 bits per heavy atom. The molecule has 0 nitrogen and oxygen atoms in total. The number of hydrogen-bond acceptors (Lipinski definition) is 0. The molecule has 0 fully saturated rings. The SMILES string of the molecule is CC(C)(C)c1ccc([C](=[Zr+2])c2ccc(C(C)(C)C)cc2)cc1.Cc1cc2[cH-]c3cc(C)c(C(C)(C)C)cc3c2cc1C(C)(C)C.c1cc[cH-]c1. The largest absolute Gasteiger partial charge is 0.214 e. The first-order valence-corrected chi connectivity index (χ1v) is 19.4. The van der Waals surface area contributed by atoms with E-state index in [1.165, 1.54) is 93.5 Å². The van der Waals surface area contributed by atoms with Crippen molar-refractivity contribution in [3.63, 3.8) is 0 Å². The van der Waals surface area contributed by atoms with Crippen molar-refractivity contribution in [2.24, 2.45) is 0 Å². The molecule has 6 aromatic carbocycles. The molecule has 0 saturated carbocycles. The van der Waals surface area contributed by atoms with Gasteiger partial charge in [-0.05, 0) is 24.7 Å². The Morgan fingerprint density at radius 3 is 1.08 bits per heavy atom. The van der Waals surface area contributed by atoms with E-state index in [0.29, 0.717) is 0 Å². The maximum absolute atomic E-state index is 2.43. The molecule has 50 heavy (non-hydrogen) atoms. The van der Waals surface area contributed by atoms with Gasteiger partial charge in [-0.1, -0.05) is 75.9 Å². The van der Waals surface area contributed by atoms with Crippen LogP contribution < -0.4 is 0 Å². The molecule has 6 rings (SSSR count). The van der Waals surface area contributed by atoms with Crippen molar-refractivity contribution in [2.75, 3.05) is 0 Å². The second-order valence-corrected chi connectivity index (χ2v) is 19.4. The van der Waals surface area contributed by atoms with Gasteiger partial charge in [0.15, 0.2) is 0 Å². The van der Waals surface area contributed by atoms with Crippen LogP contribution in [0.5, 0.6) is 0 Å². The van der Waals surface area contributed by atoms with Crippen LogP contribution in [0.15, 0.2) is 109 Å². The molecule has 0 unspecified atom stereocenters. The topological polar surface area (TPSA) is 0 Å². The van der Waals surface area contributed by atoms with Gasteiger partial charge in [0.05, 0.1) is 0 Å². The predicted octanol–water partition coefficient (Wildman–Crippen LogP) is 13.7. The predicted molar refractivity (Wildman–Crippen MR) is 219 cm³/mol. The van der Waals surface area contributed by atoms with Crippen molar-refractivity contribution < 1.29 is 24.2 Å². The molecule has 0 radical (unpaired) electrons. The number of aryl methyl sites for hydroxylation is 2. The molecule has 0 spiro atoms. The smallest absolute Gasteiger partial charge is 0.0142 e. The first-order valence-electron chi connectivity index (χ1n) is 18.2. The number of benzene rings is 4. The summed E-state index contributed by atoms with van der Waals surface area (Å²) in [6.45, 7) is 31.9. The molecule has 0 aliphatic heterocycles. The zero-order valence-electron chi connectivity index (χ0n) is 33.4. The Hall–Kier alpha value is -3.15. The monoisotopic (exact) mass is 738 g/mol. The molecule has 0 bridgehead atoms. The fourth-order valence-corrected chi connectivity index (χ4v) is 7.53. The summed E-state index contributed by atoms with van der Waals surface area (Å²) in [4.78, 5) is 0. The van der Waals surface area contributed by atoms with Gasteiger partial charge in [-0.2, -0.15) is 18.2 Å². The van der Waals surface area contributed by atoms with Crippen molar-refractivity contribution in [2.45, 2.75) is 119 Å². The molecule has 0 aliphatic rings. The van der Waals surface area contributed by atoms with Gasteiger partial charge < -0.3 is 0 Å². The number of hydrogen-bond donors (Lipinski definition) is 0. The summed E-state index contributed by atoms with van der Waals surface area (Å²) in [5, 5.41) is 5.55. The van der Waals surface area contributed by atoms with Gasteiger partial charge in [-0.25, -0.2) is 12.1 Å². The summed E-state index contributed by atoms with van der Waals surface area (Å²) in [7, 11) is 0. The molecule has 0 N–H and O–H groups in total. The first-order chi connectivity index (χ1) is 23.1. The fraction of sp³-hybridized carbons (Fsp3) is 0.367. The molecule has 0 aliphatic carbocycles. The second-order valence-electron chi connectivity index (χ2n) is 18.1. The van der Waals surface area contributed by atoms with Crippen LogP contribution in [-0.4, -0.2) is 3.21 Å². The minimum absolute atomic E-state index is 0.180. The summed E-state index contributed by atoms with van der Waals surface area (Å²) >= 11 is 1.46. The van der Waals surface area contributed by atoms with Crippen LogP contribution in [0, 0.1) is 13.8 Å². The van der Waals surface area contributed by atoms with E-state index in [1.807, 2.05) is 30.3 Å². The van der Waals surface area contributed by atoms with Crippen LogP contribution in [0.2, 0.25) is 0 Å². The van der Waals surface area contributed by atoms with E-state index in [9.17, 15) is 0 Å². The maximum atomic E-state index is 2.43. The van der Waals surface area contributed by atoms with Crippen LogP contribution in [0.4, 0.5) is 0 Å². The molecule has 0 heterocycles. The summed E-state index contributed by atoms with van der Waals surface area (Å²) in [5.74, 6) is 0. The van der Waals surface area contributed by atoms with Crippen molar-refractivity contribution in [3.8, 4) is 0 Å². The molecule has 0 amide bonds. The number of rotatable bonds is 2. The Labute approximate surface area is 319 Å². The molecule has 260 valence electrons. The normalized spacial score (nSPS) is 12.3. The Morgan fingerprint density at radius 1 is 0.480 bits per heavy atom. The maximum Gasteiger partial charge on any atom is -0.0142 e. The van der Waals surface area contributed by atoms with Crippen molar-refractivity contribution in [1.29, 1.82) is 0 Å². The molecule has 0 saturated heterocycles. The summed E-state index contributed by atoms with van der Waals surface area (Å²) in [5.41, 5.74) is 12.0. The Balaban J connectivity index is 0.000000197. The summed E-state index contributed by atoms with van der Waals surface area (Å²) in [6, 6.07) is 40.1. The third-order valence-electron chi connectivity index (χ3n) is 9.65. The quantitative estimate of drug-likeness (QED) is 0.155. The van der Waals surface area contributed by atoms with E-state index in [1.54, 1.807) is 0 Å². The zero-order chi connectivity index (χ0) is 37.2. The third kappa shape index (κ3) is 9.79. The van der Waals surface area contributed by atoms with Crippen LogP contribution in [0.1, 0.15) is 128 Å². The third-order valence-corrected chi connectivity index (χ3v) is 11.1. The second kappa shape index (κ2) is 15.2. The van der Waals surface area contributed by atoms with Crippen LogP contribution in [0.3, 0.4) is 0 Å². The van der Waals surface area contributed by atoms with Gasteiger partial charge in [-0.15, -0.1) is 39.7 Å². The van der Waals surface area contributed by atoms with Crippen molar-refractivity contribution in [3.05, 3.63) is 154 Å². The molecule has 1 heteroatoms. The van der Waals surface area contributed by atoms with Gasteiger partial charge in [0, 0.05) is 0 Å². The van der Waals surface area contributed by atoms with E-state index < -0.39 is 0 Å². The van der Waals surface area contributed by atoms with Gasteiger partial charge >= 0.3 is 151 Å². The van der Waals surface area contributed by atoms with Gasteiger partial charge in [0.25, 0.3) is 0 Å². The summed E-state index contributed by atoms with van der Waals surface area (Å²) < 4.78 is 1.42. The van der Waals surface area contributed by atoms with Gasteiger partial charge in [0.1, 0.15) is 0 Å². The van der Waals surface area contributed by atoms with Crippen LogP contribution >= 0.6 is 0 Å². The average Bonchev–Trinajstić information content (AvgIpc) is 3.70. The zero-order valence-corrected chi connectivity index (χ0v) is 35.9. The molecule has 0 aromatic heterocycles. The molecule has 0 atom stereocenters. The van der Waals surface area contributed by atoms with E-state index in [2.05, 4.69) is 176 Å². The molecular weight excluding hydrogens is 680 g/mol. The standard InChI is InChI=1S/C23H29.C21H26.C5H5.Zr/c1-14-9-16-11-17-10-15(2)21(23(6,7)8)13-19(17)18(16)12-20(14)22(3,4)5;1-20(2,3)18-11-7-16(8-12-18)15-17-9-13-19(14-10-17)21(4,5)6;1-2-4-5-3-1;/h9-13H,1-8H3;7-14H,1-6H3;1-5H;/q-1;;-1;+2.